The highest BCUT2D eigenvalue weighted by atomic mass is 15.1. The van der Waals surface area contributed by atoms with E-state index in [0.717, 1.165) is 17.1 Å². The normalized spacial score (nSPS) is 12.7. The number of benzene rings is 7. The van der Waals surface area contributed by atoms with Crippen LogP contribution in [0.25, 0.3) is 22.3 Å². The number of nitrogens with zero attached hydrogens (tertiary/aromatic N) is 1. The number of anilines is 3. The first-order valence-corrected chi connectivity index (χ1v) is 15.6. The molecule has 1 aliphatic carbocycles. The SMILES string of the molecule is Cc1ccc(-c2cccc(N(c3ccccc3)c3ccc4c(c3)C(c3ccccc3)(c3ccccc3)c3ccccc3-4)c2)cc1. The van der Waals surface area contributed by atoms with Crippen LogP contribution in [0.15, 0.2) is 182 Å². The molecule has 7 aromatic carbocycles. The quantitative estimate of drug-likeness (QED) is 0.191. The lowest BCUT2D eigenvalue weighted by atomic mass is 9.67. The summed E-state index contributed by atoms with van der Waals surface area (Å²) < 4.78 is 0. The predicted molar refractivity (Wildman–Crippen MR) is 189 cm³/mol. The molecule has 0 spiro atoms. The Hall–Kier alpha value is -5.66. The monoisotopic (exact) mass is 575 g/mol. The second-order valence-corrected chi connectivity index (χ2v) is 11.8. The number of aryl methyl sites for hydroxylation is 1. The van der Waals surface area contributed by atoms with E-state index in [0.29, 0.717) is 0 Å². The molecule has 0 heterocycles. The molecule has 1 heteroatoms. The van der Waals surface area contributed by atoms with Crippen molar-refractivity contribution in [1.82, 2.24) is 0 Å². The first kappa shape index (κ1) is 26.9. The van der Waals surface area contributed by atoms with E-state index >= 15 is 0 Å². The topological polar surface area (TPSA) is 3.24 Å². The first-order valence-electron chi connectivity index (χ1n) is 15.6. The predicted octanol–water partition coefficient (Wildman–Crippen LogP) is 11.5. The minimum absolute atomic E-state index is 0.448. The van der Waals surface area contributed by atoms with E-state index < -0.39 is 5.41 Å². The van der Waals surface area contributed by atoms with Crippen LogP contribution < -0.4 is 4.90 Å². The third-order valence-corrected chi connectivity index (χ3v) is 9.20. The smallest absolute Gasteiger partial charge is 0.0714 e. The lowest BCUT2D eigenvalue weighted by Gasteiger charge is -2.35. The van der Waals surface area contributed by atoms with Crippen molar-refractivity contribution in [3.8, 4) is 22.3 Å². The van der Waals surface area contributed by atoms with Crippen molar-refractivity contribution in [2.75, 3.05) is 4.90 Å². The van der Waals surface area contributed by atoms with E-state index in [1.165, 1.54) is 50.1 Å². The van der Waals surface area contributed by atoms with E-state index in [-0.39, 0.29) is 0 Å². The fourth-order valence-corrected chi connectivity index (χ4v) is 7.17. The van der Waals surface area contributed by atoms with Gasteiger partial charge in [0, 0.05) is 17.1 Å². The van der Waals surface area contributed by atoms with Gasteiger partial charge in [0.15, 0.2) is 0 Å². The molecule has 0 bridgehead atoms. The van der Waals surface area contributed by atoms with E-state index in [4.69, 9.17) is 0 Å². The Morgan fingerprint density at radius 1 is 0.378 bits per heavy atom. The molecule has 1 aliphatic rings. The molecule has 0 saturated carbocycles. The molecule has 0 aliphatic heterocycles. The Morgan fingerprint density at radius 3 is 1.62 bits per heavy atom. The van der Waals surface area contributed by atoms with Gasteiger partial charge >= 0.3 is 0 Å². The molecule has 0 aromatic heterocycles. The summed E-state index contributed by atoms with van der Waals surface area (Å²) in [5.74, 6) is 0. The summed E-state index contributed by atoms with van der Waals surface area (Å²) >= 11 is 0. The van der Waals surface area contributed by atoms with Crippen LogP contribution in [0.4, 0.5) is 17.1 Å². The summed E-state index contributed by atoms with van der Waals surface area (Å²) in [5, 5.41) is 0. The van der Waals surface area contributed by atoms with Crippen molar-refractivity contribution in [3.05, 3.63) is 210 Å². The van der Waals surface area contributed by atoms with Crippen molar-refractivity contribution in [1.29, 1.82) is 0 Å². The van der Waals surface area contributed by atoms with E-state index in [2.05, 4.69) is 194 Å². The summed E-state index contributed by atoms with van der Waals surface area (Å²) in [5.41, 5.74) is 14.3. The minimum atomic E-state index is -0.448. The second kappa shape index (κ2) is 11.1. The zero-order valence-electron chi connectivity index (χ0n) is 25.3. The van der Waals surface area contributed by atoms with Crippen molar-refractivity contribution in [2.24, 2.45) is 0 Å². The van der Waals surface area contributed by atoms with E-state index in [1.54, 1.807) is 0 Å². The lowest BCUT2D eigenvalue weighted by Crippen LogP contribution is -2.28. The maximum Gasteiger partial charge on any atom is 0.0714 e. The van der Waals surface area contributed by atoms with Gasteiger partial charge in [-0.25, -0.2) is 0 Å². The van der Waals surface area contributed by atoms with Crippen molar-refractivity contribution >= 4 is 17.1 Å². The molecular formula is C44H33N. The van der Waals surface area contributed by atoms with Crippen molar-refractivity contribution in [3.63, 3.8) is 0 Å². The van der Waals surface area contributed by atoms with E-state index in [9.17, 15) is 0 Å². The molecule has 0 radical (unpaired) electrons. The first-order chi connectivity index (χ1) is 22.2. The van der Waals surface area contributed by atoms with Crippen LogP contribution in [-0.2, 0) is 5.41 Å². The third-order valence-electron chi connectivity index (χ3n) is 9.20. The van der Waals surface area contributed by atoms with Crippen molar-refractivity contribution < 1.29 is 0 Å². The molecule has 1 nitrogen and oxygen atoms in total. The lowest BCUT2D eigenvalue weighted by molar-refractivity contribution is 0.768. The number of hydrogen-bond donors (Lipinski definition) is 0. The van der Waals surface area contributed by atoms with Crippen LogP contribution in [-0.4, -0.2) is 0 Å². The number of rotatable bonds is 6. The summed E-state index contributed by atoms with van der Waals surface area (Å²) in [6.07, 6.45) is 0. The number of fused-ring (bicyclic) bond motifs is 3. The highest BCUT2D eigenvalue weighted by Gasteiger charge is 2.46. The fourth-order valence-electron chi connectivity index (χ4n) is 7.17. The van der Waals surface area contributed by atoms with Gasteiger partial charge in [0.2, 0.25) is 0 Å². The van der Waals surface area contributed by atoms with Crippen LogP contribution in [0, 0.1) is 6.92 Å². The second-order valence-electron chi connectivity index (χ2n) is 11.8. The van der Waals surface area contributed by atoms with Gasteiger partial charge in [-0.05, 0) is 87.8 Å². The molecule has 8 rings (SSSR count). The third kappa shape index (κ3) is 4.48. The largest absolute Gasteiger partial charge is 0.310 e. The average Bonchev–Trinajstić information content (AvgIpc) is 3.41. The van der Waals surface area contributed by atoms with E-state index in [1.807, 2.05) is 0 Å². The number of hydrogen-bond acceptors (Lipinski definition) is 1. The van der Waals surface area contributed by atoms with Gasteiger partial charge in [0.25, 0.3) is 0 Å². The van der Waals surface area contributed by atoms with Crippen molar-refractivity contribution in [2.45, 2.75) is 12.3 Å². The maximum atomic E-state index is 2.43. The summed E-state index contributed by atoms with van der Waals surface area (Å²) in [4.78, 5) is 2.39. The average molecular weight is 576 g/mol. The standard InChI is InChI=1S/C44H33N/c1-32-24-26-33(27-25-32)34-14-13-21-38(30-34)45(37-19-9-4-10-20-37)39-28-29-41-40-22-11-12-23-42(40)44(43(41)31-39,35-15-5-2-6-16-35)36-17-7-3-8-18-36/h2-31H,1H3. The Kier molecular flexibility index (Phi) is 6.65. The molecule has 0 saturated heterocycles. The highest BCUT2D eigenvalue weighted by Crippen LogP contribution is 2.57. The van der Waals surface area contributed by atoms with Crippen LogP contribution in [0.5, 0.6) is 0 Å². The molecular weight excluding hydrogens is 542 g/mol. The maximum absolute atomic E-state index is 2.43. The molecule has 0 unspecified atom stereocenters. The Bertz CT molecular complexity index is 2060. The highest BCUT2D eigenvalue weighted by molar-refractivity contribution is 5.89. The Balaban J connectivity index is 1.38. The Labute approximate surface area is 265 Å². The molecule has 0 amide bonds. The van der Waals surface area contributed by atoms with Gasteiger partial charge in [-0.1, -0.05) is 151 Å². The van der Waals surface area contributed by atoms with Crippen LogP contribution in [0.1, 0.15) is 27.8 Å². The van der Waals surface area contributed by atoms with Crippen LogP contribution in [0.3, 0.4) is 0 Å². The van der Waals surface area contributed by atoms with Crippen LogP contribution >= 0.6 is 0 Å². The molecule has 214 valence electrons. The summed E-state index contributed by atoms with van der Waals surface area (Å²) in [6, 6.07) is 66.4. The zero-order chi connectivity index (χ0) is 30.2. The number of para-hydroxylation sites is 1. The van der Waals surface area contributed by atoms with Gasteiger partial charge in [-0.15, -0.1) is 0 Å². The molecule has 0 atom stereocenters. The zero-order valence-corrected chi connectivity index (χ0v) is 25.3. The van der Waals surface area contributed by atoms with Gasteiger partial charge in [0.1, 0.15) is 0 Å². The molecule has 0 fully saturated rings. The van der Waals surface area contributed by atoms with Gasteiger partial charge in [-0.2, -0.15) is 0 Å². The molecule has 0 N–H and O–H groups in total. The van der Waals surface area contributed by atoms with Gasteiger partial charge in [-0.3, -0.25) is 0 Å². The molecule has 45 heavy (non-hydrogen) atoms. The Morgan fingerprint density at radius 2 is 0.933 bits per heavy atom. The minimum Gasteiger partial charge on any atom is -0.310 e. The molecule has 7 aromatic rings. The van der Waals surface area contributed by atoms with Crippen LogP contribution in [0.2, 0.25) is 0 Å². The van der Waals surface area contributed by atoms with Gasteiger partial charge in [0.05, 0.1) is 5.41 Å². The summed E-state index contributed by atoms with van der Waals surface area (Å²) in [6.45, 7) is 2.13. The van der Waals surface area contributed by atoms with Gasteiger partial charge < -0.3 is 4.90 Å². The summed E-state index contributed by atoms with van der Waals surface area (Å²) in [7, 11) is 0. The fraction of sp³-hybridized carbons (Fsp3) is 0.0455.